The van der Waals surface area contributed by atoms with Crippen molar-refractivity contribution in [2.45, 2.75) is 31.7 Å². The van der Waals surface area contributed by atoms with Crippen LogP contribution < -0.4 is 10.7 Å². The second kappa shape index (κ2) is 6.92. The van der Waals surface area contributed by atoms with Crippen LogP contribution in [0.5, 0.6) is 0 Å². The van der Waals surface area contributed by atoms with Gasteiger partial charge in [-0.05, 0) is 37.1 Å². The van der Waals surface area contributed by atoms with Gasteiger partial charge in [0.05, 0.1) is 16.6 Å². The zero-order valence-electron chi connectivity index (χ0n) is 15.3. The van der Waals surface area contributed by atoms with E-state index in [0.717, 1.165) is 35.6 Å². The van der Waals surface area contributed by atoms with Crippen molar-refractivity contribution in [3.05, 3.63) is 65.2 Å². The highest BCUT2D eigenvalue weighted by Crippen LogP contribution is 2.32. The molecule has 5 rings (SSSR count). The van der Waals surface area contributed by atoms with Gasteiger partial charge >= 0.3 is 0 Å². The number of aromatic nitrogens is 5. The fraction of sp³-hybridized carbons (Fsp3) is 0.238. The molecule has 3 aromatic heterocycles. The van der Waals surface area contributed by atoms with E-state index in [9.17, 15) is 4.79 Å². The van der Waals surface area contributed by atoms with Gasteiger partial charge in [0.2, 0.25) is 0 Å². The van der Waals surface area contributed by atoms with E-state index in [4.69, 9.17) is 4.98 Å². The van der Waals surface area contributed by atoms with Gasteiger partial charge in [0.15, 0.2) is 11.3 Å². The summed E-state index contributed by atoms with van der Waals surface area (Å²) in [6.07, 6.45) is 8.25. The lowest BCUT2D eigenvalue weighted by Crippen LogP contribution is -2.07. The molecule has 1 aromatic carbocycles. The molecule has 1 aliphatic rings. The van der Waals surface area contributed by atoms with Gasteiger partial charge in [-0.3, -0.25) is 4.79 Å². The van der Waals surface area contributed by atoms with E-state index >= 15 is 0 Å². The lowest BCUT2D eigenvalue weighted by molar-refractivity contribution is 0.521. The molecule has 4 aromatic rings. The quantitative estimate of drug-likeness (QED) is 0.564. The van der Waals surface area contributed by atoms with Crippen molar-refractivity contribution in [1.82, 2.24) is 24.7 Å². The van der Waals surface area contributed by atoms with Crippen LogP contribution in [0.3, 0.4) is 0 Å². The predicted octanol–water partition coefficient (Wildman–Crippen LogP) is 4.04. The Bertz CT molecular complexity index is 1180. The minimum atomic E-state index is -0.0334. The van der Waals surface area contributed by atoms with Gasteiger partial charge in [-0.15, -0.1) is 10.2 Å². The summed E-state index contributed by atoms with van der Waals surface area (Å²) >= 11 is 0. The van der Waals surface area contributed by atoms with Gasteiger partial charge in [-0.2, -0.15) is 0 Å². The Labute approximate surface area is 161 Å². The highest BCUT2D eigenvalue weighted by molar-refractivity contribution is 5.92. The maximum Gasteiger partial charge on any atom is 0.191 e. The fourth-order valence-corrected chi connectivity index (χ4v) is 3.98. The summed E-state index contributed by atoms with van der Waals surface area (Å²) in [6.45, 7) is 0. The van der Waals surface area contributed by atoms with Crippen molar-refractivity contribution in [2.75, 3.05) is 5.32 Å². The number of pyridine rings is 2. The Morgan fingerprint density at radius 2 is 1.93 bits per heavy atom. The maximum atomic E-state index is 12.3. The van der Waals surface area contributed by atoms with Crippen molar-refractivity contribution in [1.29, 1.82) is 0 Å². The number of hydrogen-bond donors (Lipinski definition) is 2. The average Bonchev–Trinajstić information content (AvgIpc) is 3.40. The third kappa shape index (κ3) is 2.94. The zero-order valence-corrected chi connectivity index (χ0v) is 15.3. The monoisotopic (exact) mass is 372 g/mol. The van der Waals surface area contributed by atoms with Crippen molar-refractivity contribution < 1.29 is 0 Å². The first-order valence-electron chi connectivity index (χ1n) is 9.54. The van der Waals surface area contributed by atoms with E-state index in [1.807, 2.05) is 36.4 Å². The Morgan fingerprint density at radius 1 is 1.07 bits per heavy atom. The van der Waals surface area contributed by atoms with Crippen LogP contribution in [-0.4, -0.2) is 24.7 Å². The summed E-state index contributed by atoms with van der Waals surface area (Å²) in [5.41, 5.74) is 2.24. The molecule has 0 bridgehead atoms. The lowest BCUT2D eigenvalue weighted by Gasteiger charge is -2.14. The average molecular weight is 372 g/mol. The van der Waals surface area contributed by atoms with Crippen LogP contribution >= 0.6 is 0 Å². The fourth-order valence-electron chi connectivity index (χ4n) is 3.98. The maximum absolute atomic E-state index is 12.3. The van der Waals surface area contributed by atoms with Gasteiger partial charge in [0.25, 0.3) is 0 Å². The smallest absolute Gasteiger partial charge is 0.191 e. The number of nitrogens with one attached hydrogen (secondary N) is 2. The van der Waals surface area contributed by atoms with Gasteiger partial charge in [0, 0.05) is 18.3 Å². The number of aromatic amines is 1. The second-order valence-electron chi connectivity index (χ2n) is 7.10. The summed E-state index contributed by atoms with van der Waals surface area (Å²) in [5.74, 6) is 1.44. The summed E-state index contributed by atoms with van der Waals surface area (Å²) < 4.78 is 2.14. The normalized spacial score (nSPS) is 14.6. The molecule has 0 aliphatic heterocycles. The van der Waals surface area contributed by atoms with Crippen LogP contribution in [0, 0.1) is 0 Å². The Hall–Kier alpha value is -3.48. The van der Waals surface area contributed by atoms with Gasteiger partial charge < -0.3 is 14.9 Å². The minimum absolute atomic E-state index is 0.0334. The van der Waals surface area contributed by atoms with E-state index < -0.39 is 0 Å². The molecule has 0 spiro atoms. The zero-order chi connectivity index (χ0) is 18.9. The topological polar surface area (TPSA) is 88.5 Å². The number of nitrogens with zero attached hydrogens (tertiary/aromatic N) is 4. The minimum Gasteiger partial charge on any atom is -0.361 e. The highest BCUT2D eigenvalue weighted by atomic mass is 16.1. The van der Waals surface area contributed by atoms with Crippen LogP contribution in [0.4, 0.5) is 11.5 Å². The third-order valence-electron chi connectivity index (χ3n) is 5.32. The molecule has 1 saturated carbocycles. The third-order valence-corrected chi connectivity index (χ3v) is 5.32. The number of hydrogen-bond acceptors (Lipinski definition) is 5. The predicted molar refractivity (Wildman–Crippen MR) is 109 cm³/mol. The molecule has 7 nitrogen and oxygen atoms in total. The van der Waals surface area contributed by atoms with Crippen molar-refractivity contribution in [3.63, 3.8) is 0 Å². The Balaban J connectivity index is 1.51. The summed E-state index contributed by atoms with van der Waals surface area (Å²) in [7, 11) is 0. The first-order chi connectivity index (χ1) is 13.8. The molecule has 2 N–H and O–H groups in total. The standard InChI is InChI=1S/C21H20N6O/c28-18-11-12-22-15-7-3-8-16(20(15)18)24-19-10-4-9-17(25-19)21-26-23-13-27(21)14-5-1-2-6-14/h3-4,7-14H,1-2,5-6H2,(H,22,28)(H,24,25). The molecule has 28 heavy (non-hydrogen) atoms. The molecule has 0 atom stereocenters. The van der Waals surface area contributed by atoms with E-state index in [2.05, 4.69) is 25.1 Å². The first kappa shape index (κ1) is 16.7. The molecular formula is C21H20N6O. The van der Waals surface area contributed by atoms with Crippen molar-refractivity contribution >= 4 is 22.4 Å². The number of benzene rings is 1. The van der Waals surface area contributed by atoms with Crippen molar-refractivity contribution in [3.8, 4) is 11.5 Å². The molecule has 0 saturated heterocycles. The Kier molecular flexibility index (Phi) is 4.12. The molecule has 0 amide bonds. The SMILES string of the molecule is O=c1cc[nH]c2cccc(Nc3cccc(-c4nncn4C4CCCC4)n3)c12. The first-order valence-corrected chi connectivity index (χ1v) is 9.54. The molecule has 7 heteroatoms. The number of rotatable bonds is 4. The lowest BCUT2D eigenvalue weighted by atomic mass is 10.1. The summed E-state index contributed by atoms with van der Waals surface area (Å²) in [6, 6.07) is 13.4. The molecule has 3 heterocycles. The van der Waals surface area contributed by atoms with Gasteiger partial charge in [-0.25, -0.2) is 4.98 Å². The largest absolute Gasteiger partial charge is 0.361 e. The molecule has 1 fully saturated rings. The highest BCUT2D eigenvalue weighted by Gasteiger charge is 2.21. The van der Waals surface area contributed by atoms with Crippen LogP contribution in [0.1, 0.15) is 31.7 Å². The van der Waals surface area contributed by atoms with Gasteiger partial charge in [0.1, 0.15) is 17.8 Å². The molecule has 0 radical (unpaired) electrons. The van der Waals surface area contributed by atoms with Crippen LogP contribution in [0.25, 0.3) is 22.4 Å². The van der Waals surface area contributed by atoms with E-state index in [1.54, 1.807) is 12.5 Å². The van der Waals surface area contributed by atoms with E-state index in [0.29, 0.717) is 17.2 Å². The molecular weight excluding hydrogens is 352 g/mol. The summed E-state index contributed by atoms with van der Waals surface area (Å²) in [4.78, 5) is 20.2. The molecule has 1 aliphatic carbocycles. The van der Waals surface area contributed by atoms with Crippen LogP contribution in [0.2, 0.25) is 0 Å². The number of fused-ring (bicyclic) bond motifs is 1. The molecule has 140 valence electrons. The second-order valence-corrected chi connectivity index (χ2v) is 7.10. The number of anilines is 2. The van der Waals surface area contributed by atoms with Gasteiger partial charge in [-0.1, -0.05) is 25.0 Å². The van der Waals surface area contributed by atoms with Crippen LogP contribution in [-0.2, 0) is 0 Å². The van der Waals surface area contributed by atoms with E-state index in [-0.39, 0.29) is 5.43 Å². The summed E-state index contributed by atoms with van der Waals surface area (Å²) in [5, 5.41) is 12.3. The Morgan fingerprint density at radius 3 is 2.82 bits per heavy atom. The van der Waals surface area contributed by atoms with Crippen molar-refractivity contribution in [2.24, 2.45) is 0 Å². The van der Waals surface area contributed by atoms with Crippen LogP contribution in [0.15, 0.2) is 59.8 Å². The molecule has 0 unspecified atom stereocenters. The van der Waals surface area contributed by atoms with E-state index in [1.165, 1.54) is 18.9 Å². The number of H-pyrrole nitrogens is 1.